The molecule has 0 aromatic heterocycles. The second kappa shape index (κ2) is 5.78. The maximum absolute atomic E-state index is 12.6. The van der Waals surface area contributed by atoms with Crippen molar-refractivity contribution in [3.8, 4) is 0 Å². The highest BCUT2D eigenvalue weighted by Gasteiger charge is 2.45. The maximum atomic E-state index is 12.6. The van der Waals surface area contributed by atoms with E-state index in [1.54, 1.807) is 20.8 Å². The van der Waals surface area contributed by atoms with Crippen molar-refractivity contribution >= 4 is 23.4 Å². The van der Waals surface area contributed by atoms with Crippen LogP contribution in [0.1, 0.15) is 54.9 Å². The number of amides is 2. The Morgan fingerprint density at radius 3 is 1.91 bits per heavy atom. The fraction of sp³-hybridized carbons (Fsp3) is 0.647. The summed E-state index contributed by atoms with van der Waals surface area (Å²) < 4.78 is 0. The first-order chi connectivity index (χ1) is 9.76. The molecule has 1 heterocycles. The highest BCUT2D eigenvalue weighted by atomic mass is 16.2. The molecule has 1 rings (SSSR count). The van der Waals surface area contributed by atoms with Gasteiger partial charge >= 0.3 is 0 Å². The monoisotopic (exact) mass is 307 g/mol. The summed E-state index contributed by atoms with van der Waals surface area (Å²) in [5, 5.41) is 0. The maximum Gasteiger partial charge on any atom is 0.258 e. The van der Waals surface area contributed by atoms with Gasteiger partial charge in [0.1, 0.15) is 11.8 Å². The summed E-state index contributed by atoms with van der Waals surface area (Å²) in [6.45, 7) is 12.0. The van der Waals surface area contributed by atoms with E-state index in [0.29, 0.717) is 5.57 Å². The number of nitrogens with zero attached hydrogens (tertiary/aromatic N) is 1. The molecule has 0 aromatic rings. The zero-order valence-electron chi connectivity index (χ0n) is 14.4. The minimum Gasteiger partial charge on any atom is -0.300 e. The molecular weight excluding hydrogens is 282 g/mol. The van der Waals surface area contributed by atoms with Gasteiger partial charge in [0.25, 0.3) is 11.8 Å². The van der Waals surface area contributed by atoms with Gasteiger partial charge in [-0.3, -0.25) is 24.1 Å². The topological polar surface area (TPSA) is 71.5 Å². The molecule has 1 unspecified atom stereocenters. The van der Waals surface area contributed by atoms with E-state index in [2.05, 4.69) is 0 Å². The molecule has 122 valence electrons. The first kappa shape index (κ1) is 18.3. The van der Waals surface area contributed by atoms with Gasteiger partial charge in [-0.1, -0.05) is 41.5 Å². The van der Waals surface area contributed by atoms with Crippen LogP contribution in [0.15, 0.2) is 11.6 Å². The zero-order chi connectivity index (χ0) is 17.5. The number of carbonyl (C=O) groups is 4. The Hall–Kier alpha value is -1.78. The van der Waals surface area contributed by atoms with Gasteiger partial charge in [0.05, 0.1) is 0 Å². The van der Waals surface area contributed by atoms with Gasteiger partial charge in [0.15, 0.2) is 5.78 Å². The Morgan fingerprint density at radius 2 is 1.59 bits per heavy atom. The van der Waals surface area contributed by atoms with Crippen LogP contribution in [0.5, 0.6) is 0 Å². The SMILES string of the molecule is CC(=O)CC(C(=O)C(C)(C)C)N1C(=O)C=C(C(C)(C)C)C1=O. The van der Waals surface area contributed by atoms with Gasteiger partial charge < -0.3 is 0 Å². The lowest BCUT2D eigenvalue weighted by Gasteiger charge is -2.31. The van der Waals surface area contributed by atoms with E-state index in [1.165, 1.54) is 13.0 Å². The average Bonchev–Trinajstić information content (AvgIpc) is 2.59. The molecule has 1 aliphatic rings. The van der Waals surface area contributed by atoms with E-state index in [4.69, 9.17) is 0 Å². The molecule has 0 aromatic carbocycles. The van der Waals surface area contributed by atoms with Gasteiger partial charge in [-0.15, -0.1) is 0 Å². The van der Waals surface area contributed by atoms with Crippen LogP contribution in [-0.4, -0.2) is 34.3 Å². The van der Waals surface area contributed by atoms with Gasteiger partial charge in [0, 0.05) is 23.5 Å². The van der Waals surface area contributed by atoms with Gasteiger partial charge in [-0.05, 0) is 12.3 Å². The summed E-state index contributed by atoms with van der Waals surface area (Å²) in [5.41, 5.74) is -0.870. The summed E-state index contributed by atoms with van der Waals surface area (Å²) in [5.74, 6) is -1.50. The van der Waals surface area contributed by atoms with Gasteiger partial charge in [0.2, 0.25) is 0 Å². The number of carbonyl (C=O) groups excluding carboxylic acids is 4. The highest BCUT2D eigenvalue weighted by Crippen LogP contribution is 2.33. The number of hydrogen-bond donors (Lipinski definition) is 0. The van der Waals surface area contributed by atoms with Crippen LogP contribution in [0.2, 0.25) is 0 Å². The predicted molar refractivity (Wildman–Crippen MR) is 82.9 cm³/mol. The van der Waals surface area contributed by atoms with Crippen molar-refractivity contribution in [2.24, 2.45) is 10.8 Å². The average molecular weight is 307 g/mol. The van der Waals surface area contributed by atoms with Crippen molar-refractivity contribution in [2.45, 2.75) is 60.9 Å². The number of ketones is 2. The molecule has 5 heteroatoms. The molecule has 22 heavy (non-hydrogen) atoms. The van der Waals surface area contributed by atoms with Crippen molar-refractivity contribution in [3.63, 3.8) is 0 Å². The molecule has 0 saturated carbocycles. The standard InChI is InChI=1S/C17H25NO4/c1-10(19)8-12(14(21)17(5,6)7)18-13(20)9-11(15(18)22)16(2,3)4/h9,12H,8H2,1-7H3. The summed E-state index contributed by atoms with van der Waals surface area (Å²) >= 11 is 0. The lowest BCUT2D eigenvalue weighted by atomic mass is 9.83. The summed E-state index contributed by atoms with van der Waals surface area (Å²) in [6, 6.07) is -1.03. The fourth-order valence-electron chi connectivity index (χ4n) is 2.39. The zero-order valence-corrected chi connectivity index (χ0v) is 14.4. The molecular formula is C17H25NO4. The fourth-order valence-corrected chi connectivity index (χ4v) is 2.39. The van der Waals surface area contributed by atoms with Crippen LogP contribution in [-0.2, 0) is 19.2 Å². The van der Waals surface area contributed by atoms with Crippen LogP contribution >= 0.6 is 0 Å². The number of hydrogen-bond acceptors (Lipinski definition) is 4. The Balaban J connectivity index is 3.24. The van der Waals surface area contributed by atoms with Crippen molar-refractivity contribution < 1.29 is 19.2 Å². The molecule has 0 saturated heterocycles. The Morgan fingerprint density at radius 1 is 1.09 bits per heavy atom. The van der Waals surface area contributed by atoms with Crippen LogP contribution in [0.3, 0.4) is 0 Å². The third kappa shape index (κ3) is 3.70. The molecule has 0 N–H and O–H groups in total. The van der Waals surface area contributed by atoms with Crippen molar-refractivity contribution in [3.05, 3.63) is 11.6 Å². The largest absolute Gasteiger partial charge is 0.300 e. The molecule has 0 radical (unpaired) electrons. The smallest absolute Gasteiger partial charge is 0.258 e. The quantitative estimate of drug-likeness (QED) is 0.747. The van der Waals surface area contributed by atoms with Crippen LogP contribution in [0, 0.1) is 10.8 Å². The number of Topliss-reactive ketones (excluding diaryl/α,β-unsaturated/α-hetero) is 2. The van der Waals surface area contributed by atoms with Crippen molar-refractivity contribution in [1.29, 1.82) is 0 Å². The summed E-state index contributed by atoms with van der Waals surface area (Å²) in [7, 11) is 0. The van der Waals surface area contributed by atoms with E-state index in [-0.39, 0.29) is 18.0 Å². The lowest BCUT2D eigenvalue weighted by Crippen LogP contribution is -2.50. The second-order valence-corrected chi connectivity index (χ2v) is 7.86. The molecule has 0 aliphatic carbocycles. The Bertz CT molecular complexity index is 558. The molecule has 1 aliphatic heterocycles. The highest BCUT2D eigenvalue weighted by molar-refractivity contribution is 6.19. The Kier molecular flexibility index (Phi) is 4.80. The van der Waals surface area contributed by atoms with Gasteiger partial charge in [-0.2, -0.15) is 0 Å². The summed E-state index contributed by atoms with van der Waals surface area (Å²) in [6.07, 6.45) is 1.14. The summed E-state index contributed by atoms with van der Waals surface area (Å²) in [4.78, 5) is 49.9. The third-order valence-corrected chi connectivity index (χ3v) is 3.60. The van der Waals surface area contributed by atoms with Crippen molar-refractivity contribution in [2.75, 3.05) is 0 Å². The van der Waals surface area contributed by atoms with E-state index >= 15 is 0 Å². The van der Waals surface area contributed by atoms with Crippen LogP contribution < -0.4 is 0 Å². The molecule has 1 atom stereocenters. The van der Waals surface area contributed by atoms with Crippen molar-refractivity contribution in [1.82, 2.24) is 4.90 Å². The predicted octanol–water partition coefficient (Wildman–Crippen LogP) is 2.29. The second-order valence-electron chi connectivity index (χ2n) is 7.86. The molecule has 0 fully saturated rings. The first-order valence-electron chi connectivity index (χ1n) is 7.40. The normalized spacial score (nSPS) is 17.6. The number of rotatable bonds is 4. The molecule has 0 bridgehead atoms. The third-order valence-electron chi connectivity index (χ3n) is 3.60. The molecule has 0 spiro atoms. The minimum atomic E-state index is -1.03. The van der Waals surface area contributed by atoms with Crippen LogP contribution in [0.4, 0.5) is 0 Å². The first-order valence-corrected chi connectivity index (χ1v) is 7.40. The van der Waals surface area contributed by atoms with Gasteiger partial charge in [-0.25, -0.2) is 0 Å². The van der Waals surface area contributed by atoms with E-state index in [0.717, 1.165) is 4.90 Å². The van der Waals surface area contributed by atoms with E-state index in [9.17, 15) is 19.2 Å². The van der Waals surface area contributed by atoms with E-state index < -0.39 is 28.7 Å². The van der Waals surface area contributed by atoms with E-state index in [1.807, 2.05) is 20.8 Å². The Labute approximate surface area is 131 Å². The minimum absolute atomic E-state index is 0.140. The molecule has 5 nitrogen and oxygen atoms in total. The van der Waals surface area contributed by atoms with Crippen LogP contribution in [0.25, 0.3) is 0 Å². The lowest BCUT2D eigenvalue weighted by molar-refractivity contribution is -0.148. The number of imide groups is 1. The molecule has 2 amide bonds.